The number of aliphatic carboxylic acids is 1. The summed E-state index contributed by atoms with van der Waals surface area (Å²) in [6.45, 7) is 11.6. The van der Waals surface area contributed by atoms with E-state index in [-0.39, 0.29) is 10.8 Å². The molecule has 3 heteroatoms. The Hall–Kier alpha value is -1.35. The second-order valence-corrected chi connectivity index (χ2v) is 8.02. The lowest BCUT2D eigenvalue weighted by molar-refractivity contribution is -0.151. The number of ether oxygens (including phenoxy) is 1. The number of hydrogen-bond acceptors (Lipinski definition) is 2. The van der Waals surface area contributed by atoms with Crippen molar-refractivity contribution in [3.63, 3.8) is 0 Å². The molecular formula is C20H30O3. The van der Waals surface area contributed by atoms with Gasteiger partial charge in [0.05, 0.1) is 0 Å². The number of fused-ring (bicyclic) bond motifs is 1. The molecule has 3 nitrogen and oxygen atoms in total. The van der Waals surface area contributed by atoms with Crippen molar-refractivity contribution in [2.24, 2.45) is 0 Å². The fourth-order valence-corrected chi connectivity index (χ4v) is 3.42. The quantitative estimate of drug-likeness (QED) is 0.753. The van der Waals surface area contributed by atoms with Crippen LogP contribution in [0.1, 0.15) is 83.1 Å². The monoisotopic (exact) mass is 318 g/mol. The molecule has 0 heterocycles. The van der Waals surface area contributed by atoms with E-state index in [2.05, 4.69) is 46.8 Å². The van der Waals surface area contributed by atoms with E-state index in [1.165, 1.54) is 11.1 Å². The molecule has 0 radical (unpaired) electrons. The third kappa shape index (κ3) is 3.77. The summed E-state index contributed by atoms with van der Waals surface area (Å²) in [5.41, 5.74) is 3.60. The lowest BCUT2D eigenvalue weighted by Crippen LogP contribution is -2.34. The summed E-state index contributed by atoms with van der Waals surface area (Å²) in [5, 5.41) is 9.54. The van der Waals surface area contributed by atoms with Crippen molar-refractivity contribution in [2.75, 3.05) is 6.61 Å². The Morgan fingerprint density at radius 3 is 2.35 bits per heavy atom. The highest BCUT2D eigenvalue weighted by Crippen LogP contribution is 2.46. The molecule has 1 atom stereocenters. The van der Waals surface area contributed by atoms with Gasteiger partial charge < -0.3 is 9.84 Å². The second-order valence-electron chi connectivity index (χ2n) is 8.02. The van der Waals surface area contributed by atoms with Crippen molar-refractivity contribution in [1.82, 2.24) is 0 Å². The first-order valence-electron chi connectivity index (χ1n) is 8.68. The Labute approximate surface area is 140 Å². The van der Waals surface area contributed by atoms with Crippen molar-refractivity contribution in [1.29, 1.82) is 0 Å². The highest BCUT2D eigenvalue weighted by atomic mass is 16.5. The average Bonchev–Trinajstić information content (AvgIpc) is 2.48. The lowest BCUT2D eigenvalue weighted by atomic mass is 9.63. The van der Waals surface area contributed by atoms with E-state index >= 15 is 0 Å². The molecule has 23 heavy (non-hydrogen) atoms. The average molecular weight is 318 g/mol. The van der Waals surface area contributed by atoms with Gasteiger partial charge in [0.15, 0.2) is 6.10 Å². The van der Waals surface area contributed by atoms with Gasteiger partial charge in [0.2, 0.25) is 0 Å². The van der Waals surface area contributed by atoms with Crippen LogP contribution < -0.4 is 0 Å². The molecule has 128 valence electrons. The highest BCUT2D eigenvalue weighted by Gasteiger charge is 2.37. The van der Waals surface area contributed by atoms with Crippen LogP contribution in [-0.2, 0) is 20.4 Å². The number of benzene rings is 1. The van der Waals surface area contributed by atoms with Gasteiger partial charge in [-0.1, -0.05) is 59.2 Å². The molecule has 0 bridgehead atoms. The minimum absolute atomic E-state index is 0.0767. The number of carboxylic acids is 1. The number of rotatable bonds is 6. The van der Waals surface area contributed by atoms with Crippen LogP contribution in [0.4, 0.5) is 0 Å². The minimum Gasteiger partial charge on any atom is -0.479 e. The van der Waals surface area contributed by atoms with Crippen molar-refractivity contribution >= 4 is 5.97 Å². The van der Waals surface area contributed by atoms with Crippen LogP contribution in [0.15, 0.2) is 18.2 Å². The van der Waals surface area contributed by atoms with Crippen molar-refractivity contribution < 1.29 is 14.6 Å². The van der Waals surface area contributed by atoms with E-state index in [1.807, 2.05) is 6.07 Å². The van der Waals surface area contributed by atoms with Crippen LogP contribution in [0.5, 0.6) is 0 Å². The maximum Gasteiger partial charge on any atom is 0.337 e. The molecule has 0 saturated heterocycles. The topological polar surface area (TPSA) is 46.5 Å². The van der Waals surface area contributed by atoms with Crippen molar-refractivity contribution in [3.05, 3.63) is 34.9 Å². The van der Waals surface area contributed by atoms with Crippen molar-refractivity contribution in [2.45, 2.75) is 77.2 Å². The zero-order valence-corrected chi connectivity index (χ0v) is 15.1. The molecule has 0 spiro atoms. The van der Waals surface area contributed by atoms with Gasteiger partial charge >= 0.3 is 5.97 Å². The molecule has 1 N–H and O–H groups in total. The normalized spacial score (nSPS) is 19.9. The smallest absolute Gasteiger partial charge is 0.337 e. The molecule has 0 saturated carbocycles. The Bertz CT molecular complexity index is 572. The van der Waals surface area contributed by atoms with Crippen molar-refractivity contribution in [3.8, 4) is 0 Å². The molecule has 0 amide bonds. The summed E-state index contributed by atoms with van der Waals surface area (Å²) in [5.74, 6) is -0.908. The largest absolute Gasteiger partial charge is 0.479 e. The van der Waals surface area contributed by atoms with Crippen LogP contribution in [-0.4, -0.2) is 17.7 Å². The maximum absolute atomic E-state index is 11.6. The SMILES string of the molecule is CCCCO[C@H](C(=O)O)c1ccc2c(c1)C(C)(C)CCC2(C)C. The molecule has 2 rings (SSSR count). The van der Waals surface area contributed by atoms with Crippen LogP contribution in [0.25, 0.3) is 0 Å². The number of hydrogen-bond donors (Lipinski definition) is 1. The molecule has 1 aliphatic carbocycles. The fourth-order valence-electron chi connectivity index (χ4n) is 3.42. The number of unbranched alkanes of at least 4 members (excludes halogenated alkanes) is 1. The summed E-state index contributed by atoms with van der Waals surface area (Å²) >= 11 is 0. The maximum atomic E-state index is 11.6. The van der Waals surface area contributed by atoms with E-state index in [1.54, 1.807) is 0 Å². The molecule has 0 aromatic heterocycles. The standard InChI is InChI=1S/C20H30O3/c1-6-7-12-23-17(18(21)22)14-8-9-15-16(13-14)20(4,5)11-10-19(15,2)3/h8-9,13,17H,6-7,10-12H2,1-5H3,(H,21,22)/t17-/m0/s1. The molecule has 0 unspecified atom stereocenters. The molecule has 0 aliphatic heterocycles. The van der Waals surface area contributed by atoms with Crippen LogP contribution in [0.2, 0.25) is 0 Å². The number of carbonyl (C=O) groups is 1. The van der Waals surface area contributed by atoms with Gasteiger partial charge in [0.1, 0.15) is 0 Å². The molecule has 0 fully saturated rings. The summed E-state index contributed by atoms with van der Waals surface area (Å²) < 4.78 is 5.64. The van der Waals surface area contributed by atoms with E-state index in [9.17, 15) is 9.90 Å². The first kappa shape index (κ1) is 18.0. The third-order valence-electron chi connectivity index (χ3n) is 5.19. The van der Waals surface area contributed by atoms with Crippen LogP contribution >= 0.6 is 0 Å². The predicted octanol–water partition coefficient (Wildman–Crippen LogP) is 4.98. The zero-order valence-electron chi connectivity index (χ0n) is 15.1. The molecule has 1 aromatic rings. The Morgan fingerprint density at radius 2 is 1.78 bits per heavy atom. The van der Waals surface area contributed by atoms with E-state index in [0.717, 1.165) is 31.2 Å². The van der Waals surface area contributed by atoms with Gasteiger partial charge in [-0.25, -0.2) is 4.79 Å². The lowest BCUT2D eigenvalue weighted by Gasteiger charge is -2.42. The number of carboxylic acid groups (broad SMARTS) is 1. The Morgan fingerprint density at radius 1 is 1.17 bits per heavy atom. The first-order valence-corrected chi connectivity index (χ1v) is 8.68. The van der Waals surface area contributed by atoms with Crippen LogP contribution in [0, 0.1) is 0 Å². The van der Waals surface area contributed by atoms with E-state index in [4.69, 9.17) is 4.74 Å². The predicted molar refractivity (Wildman–Crippen MR) is 93.0 cm³/mol. The summed E-state index contributed by atoms with van der Waals surface area (Å²) in [4.78, 5) is 11.6. The first-order chi connectivity index (χ1) is 10.7. The van der Waals surface area contributed by atoms with Gasteiger partial charge in [0, 0.05) is 6.61 Å². The van der Waals surface area contributed by atoms with Gasteiger partial charge in [0.25, 0.3) is 0 Å². The van der Waals surface area contributed by atoms with Gasteiger partial charge in [-0.05, 0) is 46.8 Å². The molecular weight excluding hydrogens is 288 g/mol. The summed E-state index contributed by atoms with van der Waals surface area (Å²) in [7, 11) is 0. The Kier molecular flexibility index (Phi) is 5.20. The second kappa shape index (κ2) is 6.64. The minimum atomic E-state index is -0.908. The summed E-state index contributed by atoms with van der Waals surface area (Å²) in [6, 6.07) is 6.12. The Balaban J connectivity index is 2.39. The highest BCUT2D eigenvalue weighted by molar-refractivity contribution is 5.74. The molecule has 1 aliphatic rings. The summed E-state index contributed by atoms with van der Waals surface area (Å²) in [6.07, 6.45) is 3.28. The fraction of sp³-hybridized carbons (Fsp3) is 0.650. The van der Waals surface area contributed by atoms with Gasteiger partial charge in [-0.2, -0.15) is 0 Å². The van der Waals surface area contributed by atoms with Crippen LogP contribution in [0.3, 0.4) is 0 Å². The zero-order chi connectivity index (χ0) is 17.3. The molecule has 1 aromatic carbocycles. The van der Waals surface area contributed by atoms with Gasteiger partial charge in [-0.15, -0.1) is 0 Å². The van der Waals surface area contributed by atoms with E-state index in [0.29, 0.717) is 6.61 Å². The van der Waals surface area contributed by atoms with Gasteiger partial charge in [-0.3, -0.25) is 0 Å². The third-order valence-corrected chi connectivity index (χ3v) is 5.19. The van der Waals surface area contributed by atoms with E-state index < -0.39 is 12.1 Å².